The quantitative estimate of drug-likeness (QED) is 0.795. The van der Waals surface area contributed by atoms with Crippen LogP contribution in [0, 0.1) is 5.21 Å². The molecular weight excluding hydrogens is 244 g/mol. The van der Waals surface area contributed by atoms with Gasteiger partial charge in [0.1, 0.15) is 5.71 Å². The van der Waals surface area contributed by atoms with E-state index in [0.717, 1.165) is 5.56 Å². The molecule has 0 saturated heterocycles. The highest BCUT2D eigenvalue weighted by atomic mass is 16.8. The van der Waals surface area contributed by atoms with Crippen molar-refractivity contribution in [1.29, 1.82) is 0 Å². The van der Waals surface area contributed by atoms with Crippen LogP contribution in [-0.4, -0.2) is 16.7 Å². The van der Waals surface area contributed by atoms with Crippen molar-refractivity contribution in [3.63, 3.8) is 0 Å². The van der Waals surface area contributed by atoms with E-state index in [1.54, 1.807) is 12.1 Å². The molecule has 0 fully saturated rings. The Hall–Kier alpha value is -2.34. The minimum absolute atomic E-state index is 0.129. The summed E-state index contributed by atoms with van der Waals surface area (Å²) in [5.41, 5.74) is 2.09. The molecule has 3 rings (SSSR count). The number of hydrogen-bond acceptors (Lipinski definition) is 4. The van der Waals surface area contributed by atoms with Gasteiger partial charge in [0.15, 0.2) is 5.69 Å². The summed E-state index contributed by atoms with van der Waals surface area (Å²) in [6.07, 6.45) is 0. The molecule has 1 aliphatic rings. The van der Waals surface area contributed by atoms with Gasteiger partial charge in [0, 0.05) is 17.7 Å². The van der Waals surface area contributed by atoms with Gasteiger partial charge in [0.2, 0.25) is 5.78 Å². The standard InChI is InChI=1S/C14H10N2O3/c17-14-11-7-6-10(16(18)19)8-12(11)15-13(14)9-4-2-1-3-5-9/h1-8,16,18H. The summed E-state index contributed by atoms with van der Waals surface area (Å²) < 4.78 is 0. The van der Waals surface area contributed by atoms with Crippen LogP contribution in [0.5, 0.6) is 0 Å². The van der Waals surface area contributed by atoms with Gasteiger partial charge < -0.3 is 5.21 Å². The number of carbonyl (C=O) groups excluding carboxylic acids is 1. The van der Waals surface area contributed by atoms with Gasteiger partial charge in [-0.1, -0.05) is 30.3 Å². The van der Waals surface area contributed by atoms with Crippen LogP contribution in [0.4, 0.5) is 11.4 Å². The average molecular weight is 254 g/mol. The van der Waals surface area contributed by atoms with Crippen molar-refractivity contribution in [2.75, 3.05) is 0 Å². The van der Waals surface area contributed by atoms with Crippen molar-refractivity contribution >= 4 is 22.9 Å². The van der Waals surface area contributed by atoms with Crippen LogP contribution in [0.2, 0.25) is 0 Å². The zero-order valence-corrected chi connectivity index (χ0v) is 9.83. The fourth-order valence-corrected chi connectivity index (χ4v) is 2.04. The number of carbonyl (C=O) groups is 1. The van der Waals surface area contributed by atoms with Gasteiger partial charge in [-0.15, -0.1) is 0 Å². The Kier molecular flexibility index (Phi) is 2.72. The van der Waals surface area contributed by atoms with Crippen LogP contribution in [-0.2, 0) is 0 Å². The Morgan fingerprint density at radius 2 is 1.84 bits per heavy atom. The van der Waals surface area contributed by atoms with Crippen molar-refractivity contribution in [2.24, 2.45) is 4.99 Å². The highest BCUT2D eigenvalue weighted by Gasteiger charge is 2.26. The fourth-order valence-electron chi connectivity index (χ4n) is 2.04. The molecular formula is C14H10N2O3. The van der Waals surface area contributed by atoms with Gasteiger partial charge >= 0.3 is 0 Å². The molecule has 0 radical (unpaired) electrons. The largest absolute Gasteiger partial charge is 0.595 e. The molecule has 94 valence electrons. The van der Waals surface area contributed by atoms with Gasteiger partial charge in [0.25, 0.3) is 0 Å². The minimum Gasteiger partial charge on any atom is -0.595 e. The molecule has 0 amide bonds. The molecule has 0 aliphatic carbocycles. The van der Waals surface area contributed by atoms with Gasteiger partial charge in [-0.05, 0) is 6.07 Å². The molecule has 2 aromatic rings. The topological polar surface area (TPSA) is 77.2 Å². The Morgan fingerprint density at radius 1 is 1.11 bits per heavy atom. The van der Waals surface area contributed by atoms with Gasteiger partial charge in [0.05, 0.1) is 11.3 Å². The van der Waals surface area contributed by atoms with Crippen LogP contribution in [0.25, 0.3) is 0 Å². The van der Waals surface area contributed by atoms with E-state index in [-0.39, 0.29) is 11.5 Å². The van der Waals surface area contributed by atoms with Crippen LogP contribution in [0.15, 0.2) is 53.5 Å². The lowest BCUT2D eigenvalue weighted by Crippen LogP contribution is -2.99. The molecule has 5 nitrogen and oxygen atoms in total. The molecule has 1 atom stereocenters. The predicted molar refractivity (Wildman–Crippen MR) is 69.2 cm³/mol. The second kappa shape index (κ2) is 4.40. The van der Waals surface area contributed by atoms with E-state index in [2.05, 4.69) is 4.99 Å². The van der Waals surface area contributed by atoms with E-state index in [4.69, 9.17) is 5.21 Å². The number of Topliss-reactive ketones (excluding diaryl/α,β-unsaturated/α-hetero) is 1. The van der Waals surface area contributed by atoms with E-state index in [9.17, 15) is 10.0 Å². The first-order valence-electron chi connectivity index (χ1n) is 5.73. The van der Waals surface area contributed by atoms with E-state index in [1.807, 2.05) is 18.2 Å². The Morgan fingerprint density at radius 3 is 2.53 bits per heavy atom. The van der Waals surface area contributed by atoms with Crippen LogP contribution in [0.3, 0.4) is 0 Å². The maximum absolute atomic E-state index is 12.2. The first kappa shape index (κ1) is 11.7. The van der Waals surface area contributed by atoms with Crippen LogP contribution < -0.4 is 5.23 Å². The van der Waals surface area contributed by atoms with E-state index in [0.29, 0.717) is 17.0 Å². The molecule has 0 spiro atoms. The highest BCUT2D eigenvalue weighted by Crippen LogP contribution is 2.30. The first-order chi connectivity index (χ1) is 9.16. The van der Waals surface area contributed by atoms with Crippen LogP contribution in [0.1, 0.15) is 15.9 Å². The number of ketones is 1. The second-order valence-corrected chi connectivity index (χ2v) is 4.19. The molecule has 19 heavy (non-hydrogen) atoms. The van der Waals surface area contributed by atoms with Crippen molar-refractivity contribution in [2.45, 2.75) is 0 Å². The fraction of sp³-hybridized carbons (Fsp3) is 0. The zero-order valence-electron chi connectivity index (χ0n) is 9.83. The van der Waals surface area contributed by atoms with Gasteiger partial charge in [-0.3, -0.25) is 4.79 Å². The molecule has 5 heteroatoms. The Bertz CT molecular complexity index is 678. The van der Waals surface area contributed by atoms with Gasteiger partial charge in [-0.25, -0.2) is 10.2 Å². The summed E-state index contributed by atoms with van der Waals surface area (Å²) in [6.45, 7) is 0. The molecule has 1 unspecified atom stereocenters. The lowest BCUT2D eigenvalue weighted by Gasteiger charge is -2.11. The summed E-state index contributed by atoms with van der Waals surface area (Å²) in [4.78, 5) is 16.4. The summed E-state index contributed by atoms with van der Waals surface area (Å²) in [6, 6.07) is 13.5. The molecule has 2 aromatic carbocycles. The number of nitrogens with zero attached hydrogens (tertiary/aromatic N) is 1. The molecule has 0 saturated carbocycles. The highest BCUT2D eigenvalue weighted by molar-refractivity contribution is 6.54. The van der Waals surface area contributed by atoms with Crippen molar-refractivity contribution in [1.82, 2.24) is 0 Å². The van der Waals surface area contributed by atoms with E-state index < -0.39 is 5.23 Å². The maximum atomic E-state index is 12.2. The molecule has 1 heterocycles. The normalized spacial score (nSPS) is 15.1. The predicted octanol–water partition coefficient (Wildman–Crippen LogP) is 1.41. The first-order valence-corrected chi connectivity index (χ1v) is 5.73. The monoisotopic (exact) mass is 254 g/mol. The summed E-state index contributed by atoms with van der Waals surface area (Å²) in [5, 5.41) is 18.8. The number of benzene rings is 2. The lowest BCUT2D eigenvalue weighted by molar-refractivity contribution is -0.991. The number of aliphatic imine (C=N–C) groups is 1. The Labute approximate surface area is 109 Å². The molecule has 0 aromatic heterocycles. The van der Waals surface area contributed by atoms with Crippen molar-refractivity contribution < 1.29 is 15.2 Å². The van der Waals surface area contributed by atoms with Crippen molar-refractivity contribution in [3.05, 3.63) is 64.9 Å². The minimum atomic E-state index is -1.03. The number of quaternary nitrogens is 1. The summed E-state index contributed by atoms with van der Waals surface area (Å²) in [5.74, 6) is -0.168. The maximum Gasteiger partial charge on any atom is 0.214 e. The smallest absolute Gasteiger partial charge is 0.214 e. The number of rotatable bonds is 2. The molecule has 1 aliphatic heterocycles. The average Bonchev–Trinajstić information content (AvgIpc) is 2.76. The number of nitrogens with one attached hydrogen (secondary N) is 1. The third-order valence-electron chi connectivity index (χ3n) is 2.98. The second-order valence-electron chi connectivity index (χ2n) is 4.19. The third kappa shape index (κ3) is 1.96. The van der Waals surface area contributed by atoms with Crippen molar-refractivity contribution in [3.8, 4) is 0 Å². The SMILES string of the molecule is O=C1C(c2ccccc2)=Nc2cc([NH+]([O-])O)ccc21. The van der Waals surface area contributed by atoms with E-state index >= 15 is 0 Å². The Balaban J connectivity index is 2.07. The molecule has 2 N–H and O–H groups in total. The lowest BCUT2D eigenvalue weighted by atomic mass is 10.0. The van der Waals surface area contributed by atoms with Crippen LogP contribution >= 0.6 is 0 Å². The third-order valence-corrected chi connectivity index (χ3v) is 2.98. The number of hydrogen-bond donors (Lipinski definition) is 2. The van der Waals surface area contributed by atoms with E-state index in [1.165, 1.54) is 18.2 Å². The zero-order chi connectivity index (χ0) is 13.4. The summed E-state index contributed by atoms with van der Waals surface area (Å²) in [7, 11) is 0. The number of fused-ring (bicyclic) bond motifs is 1. The molecule has 0 bridgehead atoms. The summed E-state index contributed by atoms with van der Waals surface area (Å²) >= 11 is 0. The van der Waals surface area contributed by atoms with Gasteiger partial charge in [-0.2, -0.15) is 5.23 Å².